The van der Waals surface area contributed by atoms with Crippen molar-refractivity contribution < 1.29 is 12.9 Å². The van der Waals surface area contributed by atoms with E-state index < -0.39 is 10.0 Å². The van der Waals surface area contributed by atoms with E-state index in [0.717, 1.165) is 11.1 Å². The summed E-state index contributed by atoms with van der Waals surface area (Å²) in [6.45, 7) is 5.90. The molecule has 0 aliphatic rings. The highest BCUT2D eigenvalue weighted by Gasteiger charge is 2.22. The van der Waals surface area contributed by atoms with E-state index in [-0.39, 0.29) is 16.1 Å². The molecule has 0 aliphatic carbocycles. The van der Waals surface area contributed by atoms with Gasteiger partial charge in [0.2, 0.25) is 0 Å². The van der Waals surface area contributed by atoms with E-state index in [4.69, 9.17) is 4.52 Å². The molecule has 130 valence electrons. The molecule has 25 heavy (non-hydrogen) atoms. The second-order valence-electron chi connectivity index (χ2n) is 6.82. The minimum absolute atomic E-state index is 0.174. The summed E-state index contributed by atoms with van der Waals surface area (Å²) in [5.74, 6) is 0.793. The summed E-state index contributed by atoms with van der Waals surface area (Å²) in [5, 5.41) is 3.79. The summed E-state index contributed by atoms with van der Waals surface area (Å²) in [4.78, 5) is 0.174. The quantitative estimate of drug-likeness (QED) is 0.750. The van der Waals surface area contributed by atoms with E-state index in [9.17, 15) is 8.42 Å². The normalized spacial score (nSPS) is 12.1. The zero-order chi connectivity index (χ0) is 18.1. The number of hydrogen-bond acceptors (Lipinski definition) is 4. The first-order valence-electron chi connectivity index (χ1n) is 7.91. The van der Waals surface area contributed by atoms with Gasteiger partial charge in [0.25, 0.3) is 10.0 Å². The SMILES string of the molecule is CC(C)(C)c1cc(NS(=O)(=O)c2ccc(-c3ccccc3)cc2)no1. The fraction of sp³-hybridized carbons (Fsp3) is 0.211. The highest BCUT2D eigenvalue weighted by molar-refractivity contribution is 7.92. The van der Waals surface area contributed by atoms with Crippen LogP contribution in [0.5, 0.6) is 0 Å². The van der Waals surface area contributed by atoms with Crippen molar-refractivity contribution in [2.75, 3.05) is 4.72 Å². The molecule has 3 rings (SSSR count). The Morgan fingerprint density at radius 2 is 1.52 bits per heavy atom. The standard InChI is InChI=1S/C19H20N2O3S/c1-19(2,3)17-13-18(20-24-17)21-25(22,23)16-11-9-15(10-12-16)14-7-5-4-6-8-14/h4-13H,1-3H3,(H,20,21). The maximum absolute atomic E-state index is 12.5. The van der Waals surface area contributed by atoms with Gasteiger partial charge in [0, 0.05) is 11.5 Å². The van der Waals surface area contributed by atoms with Gasteiger partial charge in [-0.05, 0) is 23.3 Å². The van der Waals surface area contributed by atoms with Gasteiger partial charge < -0.3 is 4.52 Å². The molecule has 0 amide bonds. The lowest BCUT2D eigenvalue weighted by Gasteiger charge is -2.12. The van der Waals surface area contributed by atoms with Crippen LogP contribution in [0.3, 0.4) is 0 Å². The van der Waals surface area contributed by atoms with Crippen LogP contribution < -0.4 is 4.72 Å². The van der Waals surface area contributed by atoms with Crippen molar-refractivity contribution in [2.45, 2.75) is 31.1 Å². The van der Waals surface area contributed by atoms with Crippen LogP contribution in [0.25, 0.3) is 11.1 Å². The Kier molecular flexibility index (Phi) is 4.39. The van der Waals surface area contributed by atoms with Crippen LogP contribution in [0, 0.1) is 0 Å². The van der Waals surface area contributed by atoms with Gasteiger partial charge in [-0.1, -0.05) is 68.4 Å². The molecule has 0 atom stereocenters. The Labute approximate surface area is 147 Å². The van der Waals surface area contributed by atoms with Crippen molar-refractivity contribution in [1.82, 2.24) is 5.16 Å². The van der Waals surface area contributed by atoms with Crippen LogP contribution in [0.2, 0.25) is 0 Å². The number of nitrogens with one attached hydrogen (secondary N) is 1. The average molecular weight is 356 g/mol. The van der Waals surface area contributed by atoms with Crippen molar-refractivity contribution in [3.8, 4) is 11.1 Å². The lowest BCUT2D eigenvalue weighted by Crippen LogP contribution is -2.13. The molecule has 3 aromatic rings. The zero-order valence-corrected chi connectivity index (χ0v) is 15.2. The topological polar surface area (TPSA) is 72.2 Å². The van der Waals surface area contributed by atoms with Crippen molar-refractivity contribution in [1.29, 1.82) is 0 Å². The fourth-order valence-corrected chi connectivity index (χ4v) is 3.31. The third kappa shape index (κ3) is 3.91. The van der Waals surface area contributed by atoms with Crippen molar-refractivity contribution in [3.05, 3.63) is 66.4 Å². The number of nitrogens with zero attached hydrogens (tertiary/aromatic N) is 1. The molecule has 0 saturated heterocycles. The monoisotopic (exact) mass is 356 g/mol. The van der Waals surface area contributed by atoms with Crippen molar-refractivity contribution >= 4 is 15.8 Å². The lowest BCUT2D eigenvalue weighted by molar-refractivity contribution is 0.331. The average Bonchev–Trinajstić information content (AvgIpc) is 3.04. The molecular formula is C19H20N2O3S. The molecule has 1 N–H and O–H groups in total. The minimum atomic E-state index is -3.72. The summed E-state index contributed by atoms with van der Waals surface area (Å²) in [6.07, 6.45) is 0. The van der Waals surface area contributed by atoms with E-state index >= 15 is 0 Å². The van der Waals surface area contributed by atoms with Crippen molar-refractivity contribution in [2.24, 2.45) is 0 Å². The van der Waals surface area contributed by atoms with Gasteiger partial charge in [0.1, 0.15) is 5.76 Å². The summed E-state index contributed by atoms with van der Waals surface area (Å²) >= 11 is 0. The van der Waals surface area contributed by atoms with Gasteiger partial charge in [-0.15, -0.1) is 0 Å². The first-order valence-corrected chi connectivity index (χ1v) is 9.39. The third-order valence-electron chi connectivity index (χ3n) is 3.76. The molecule has 0 aliphatic heterocycles. The smallest absolute Gasteiger partial charge is 0.263 e. The van der Waals surface area contributed by atoms with Crippen LogP contribution in [0.4, 0.5) is 5.82 Å². The second-order valence-corrected chi connectivity index (χ2v) is 8.50. The highest BCUT2D eigenvalue weighted by Crippen LogP contribution is 2.26. The Hall–Kier alpha value is -2.60. The zero-order valence-electron chi connectivity index (χ0n) is 14.4. The molecular weight excluding hydrogens is 336 g/mol. The number of sulfonamides is 1. The minimum Gasteiger partial charge on any atom is -0.359 e. The summed E-state index contributed by atoms with van der Waals surface area (Å²) in [6, 6.07) is 18.1. The number of anilines is 1. The summed E-state index contributed by atoms with van der Waals surface area (Å²) in [7, 11) is -3.72. The molecule has 5 nitrogen and oxygen atoms in total. The van der Waals surface area contributed by atoms with E-state index in [2.05, 4.69) is 9.88 Å². The number of aromatic nitrogens is 1. The lowest BCUT2D eigenvalue weighted by atomic mass is 9.93. The molecule has 2 aromatic carbocycles. The highest BCUT2D eigenvalue weighted by atomic mass is 32.2. The van der Waals surface area contributed by atoms with Gasteiger partial charge in [0.15, 0.2) is 5.82 Å². The van der Waals surface area contributed by atoms with Gasteiger partial charge in [0.05, 0.1) is 4.90 Å². The second kappa shape index (κ2) is 6.37. The first kappa shape index (κ1) is 17.2. The molecule has 1 heterocycles. The fourth-order valence-electron chi connectivity index (χ4n) is 2.33. The molecule has 6 heteroatoms. The van der Waals surface area contributed by atoms with Gasteiger partial charge in [-0.3, -0.25) is 4.72 Å². The first-order chi connectivity index (χ1) is 11.8. The van der Waals surface area contributed by atoms with Crippen LogP contribution in [0.1, 0.15) is 26.5 Å². The predicted molar refractivity (Wildman–Crippen MR) is 97.9 cm³/mol. The third-order valence-corrected chi connectivity index (χ3v) is 5.13. The molecule has 0 unspecified atom stereocenters. The molecule has 1 aromatic heterocycles. The van der Waals surface area contributed by atoms with Crippen LogP contribution in [-0.4, -0.2) is 13.6 Å². The molecule has 0 fully saturated rings. The van der Waals surface area contributed by atoms with Crippen LogP contribution in [-0.2, 0) is 15.4 Å². The Morgan fingerprint density at radius 3 is 2.08 bits per heavy atom. The van der Waals surface area contributed by atoms with E-state index in [0.29, 0.717) is 5.76 Å². The van der Waals surface area contributed by atoms with Gasteiger partial charge in [-0.25, -0.2) is 8.42 Å². The van der Waals surface area contributed by atoms with Crippen LogP contribution >= 0.6 is 0 Å². The van der Waals surface area contributed by atoms with Crippen molar-refractivity contribution in [3.63, 3.8) is 0 Å². The summed E-state index contributed by atoms with van der Waals surface area (Å²) in [5.41, 5.74) is 1.75. The van der Waals surface area contributed by atoms with E-state index in [1.807, 2.05) is 51.1 Å². The maximum Gasteiger partial charge on any atom is 0.263 e. The number of rotatable bonds is 4. The van der Waals surface area contributed by atoms with E-state index in [1.54, 1.807) is 30.3 Å². The number of hydrogen-bond donors (Lipinski definition) is 1. The Morgan fingerprint density at radius 1 is 0.920 bits per heavy atom. The van der Waals surface area contributed by atoms with Gasteiger partial charge in [-0.2, -0.15) is 0 Å². The molecule has 0 saturated carbocycles. The summed E-state index contributed by atoms with van der Waals surface area (Å²) < 4.78 is 32.7. The van der Waals surface area contributed by atoms with E-state index in [1.165, 1.54) is 0 Å². The van der Waals surface area contributed by atoms with Crippen LogP contribution in [0.15, 0.2) is 70.1 Å². The molecule has 0 spiro atoms. The predicted octanol–water partition coefficient (Wildman–Crippen LogP) is 4.44. The van der Waals surface area contributed by atoms with Gasteiger partial charge >= 0.3 is 0 Å². The number of benzene rings is 2. The maximum atomic E-state index is 12.5. The molecule has 0 radical (unpaired) electrons. The molecule has 0 bridgehead atoms. The Balaban J connectivity index is 1.82. The Bertz CT molecular complexity index is 954. The largest absolute Gasteiger partial charge is 0.359 e.